The fourth-order valence-electron chi connectivity index (χ4n) is 8.73. The topological polar surface area (TPSA) is 91.8 Å². The van der Waals surface area contributed by atoms with Crippen LogP contribution in [0.15, 0.2) is 36.5 Å². The van der Waals surface area contributed by atoms with Crippen molar-refractivity contribution in [2.24, 2.45) is 0 Å². The fraction of sp³-hybridized carbons (Fsp3) is 0.568. The normalized spacial score (nSPS) is 24.7. The molecular weight excluding hydrogens is 564 g/mol. The van der Waals surface area contributed by atoms with E-state index in [0.717, 1.165) is 68.1 Å². The first-order chi connectivity index (χ1) is 21.6. The largest absolute Gasteiger partial charge is 0.444 e. The van der Waals surface area contributed by atoms with Gasteiger partial charge in [0.1, 0.15) is 17.0 Å². The van der Waals surface area contributed by atoms with E-state index in [2.05, 4.69) is 39.2 Å². The van der Waals surface area contributed by atoms with Crippen molar-refractivity contribution in [3.05, 3.63) is 58.8 Å². The first-order valence-corrected chi connectivity index (χ1v) is 16.8. The van der Waals surface area contributed by atoms with Gasteiger partial charge in [0, 0.05) is 23.9 Å². The minimum atomic E-state index is -0.851. The van der Waals surface area contributed by atoms with Gasteiger partial charge in [-0.25, -0.2) is 9.78 Å². The second-order valence-corrected chi connectivity index (χ2v) is 14.9. The van der Waals surface area contributed by atoms with Gasteiger partial charge in [0.2, 0.25) is 11.8 Å². The number of fused-ring (bicyclic) bond motifs is 3. The quantitative estimate of drug-likeness (QED) is 0.407. The monoisotopic (exact) mass is 608 g/mol. The van der Waals surface area contributed by atoms with Crippen LogP contribution in [0, 0.1) is 11.8 Å². The van der Waals surface area contributed by atoms with Crippen LogP contribution in [0.4, 0.5) is 10.6 Å². The van der Waals surface area contributed by atoms with Crippen molar-refractivity contribution in [1.82, 2.24) is 14.8 Å². The average Bonchev–Trinajstić information content (AvgIpc) is 3.65. The lowest BCUT2D eigenvalue weighted by molar-refractivity contribution is -0.164. The molecule has 0 bridgehead atoms. The van der Waals surface area contributed by atoms with Crippen molar-refractivity contribution in [2.75, 3.05) is 18.4 Å². The third-order valence-electron chi connectivity index (χ3n) is 10.9. The predicted octanol–water partition coefficient (Wildman–Crippen LogP) is 5.91. The van der Waals surface area contributed by atoms with Gasteiger partial charge in [-0.05, 0) is 88.6 Å². The number of benzene rings is 1. The maximum Gasteiger partial charge on any atom is 0.411 e. The number of aromatic nitrogens is 1. The number of carbonyl (C=O) groups is 3. The summed E-state index contributed by atoms with van der Waals surface area (Å²) < 4.78 is 5.91. The zero-order valence-electron chi connectivity index (χ0n) is 26.8. The van der Waals surface area contributed by atoms with E-state index < -0.39 is 22.1 Å². The highest BCUT2D eigenvalue weighted by Gasteiger charge is 2.60. The smallest absolute Gasteiger partial charge is 0.411 e. The Morgan fingerprint density at radius 2 is 1.69 bits per heavy atom. The van der Waals surface area contributed by atoms with Crippen LogP contribution in [0.25, 0.3) is 0 Å². The first-order valence-electron chi connectivity index (χ1n) is 16.8. The lowest BCUT2D eigenvalue weighted by Gasteiger charge is -2.57. The van der Waals surface area contributed by atoms with Gasteiger partial charge in [-0.3, -0.25) is 14.5 Å². The van der Waals surface area contributed by atoms with Crippen LogP contribution in [-0.4, -0.2) is 62.5 Å². The number of anilines is 1. The molecular formula is C37H44N4O4. The summed E-state index contributed by atoms with van der Waals surface area (Å²) in [7, 11) is 0. The maximum atomic E-state index is 14.7. The zero-order chi connectivity index (χ0) is 31.5. The number of piperazine rings is 1. The molecule has 7 rings (SSSR count). The van der Waals surface area contributed by atoms with Crippen molar-refractivity contribution >= 4 is 23.7 Å². The number of pyridine rings is 1. The highest BCUT2D eigenvalue weighted by Crippen LogP contribution is 2.48. The molecule has 3 heterocycles. The molecule has 2 aliphatic heterocycles. The average molecular weight is 609 g/mol. The number of carbonyl (C=O) groups excluding carboxylic acids is 3. The highest BCUT2D eigenvalue weighted by molar-refractivity contribution is 6.06. The predicted molar refractivity (Wildman–Crippen MR) is 172 cm³/mol. The molecule has 0 radical (unpaired) electrons. The molecule has 236 valence electrons. The lowest BCUT2D eigenvalue weighted by Crippen LogP contribution is -2.74. The Bertz CT molecular complexity index is 1600. The van der Waals surface area contributed by atoms with E-state index >= 15 is 0 Å². The number of ether oxygens (including phenoxy) is 1. The Labute approximate surface area is 266 Å². The molecule has 1 saturated heterocycles. The molecule has 5 aliphatic rings. The van der Waals surface area contributed by atoms with Gasteiger partial charge in [-0.15, -0.1) is 0 Å². The highest BCUT2D eigenvalue weighted by atomic mass is 16.6. The van der Waals surface area contributed by atoms with Crippen LogP contribution >= 0.6 is 0 Å². The number of hydrogen-bond donors (Lipinski definition) is 1. The van der Waals surface area contributed by atoms with Crippen LogP contribution in [0.3, 0.4) is 0 Å². The summed E-state index contributed by atoms with van der Waals surface area (Å²) in [5.74, 6) is 7.49. The SMILES string of the molecule is CC(C)(C)OC(=O)N1CC2(CCCCCC2)N(CC#Cc2ccc3c(c2)C[C@@]2(C3)C(=O)Nc3ncccc32)C(=O)C12CCCC2. The van der Waals surface area contributed by atoms with Gasteiger partial charge >= 0.3 is 6.09 Å². The van der Waals surface area contributed by atoms with Crippen LogP contribution < -0.4 is 5.32 Å². The van der Waals surface area contributed by atoms with Gasteiger partial charge < -0.3 is 15.0 Å². The molecule has 3 amide bonds. The van der Waals surface area contributed by atoms with Crippen molar-refractivity contribution in [1.29, 1.82) is 0 Å². The Hall–Kier alpha value is -3.86. The summed E-state index contributed by atoms with van der Waals surface area (Å²) >= 11 is 0. The molecule has 1 N–H and O–H groups in total. The van der Waals surface area contributed by atoms with Crippen LogP contribution in [0.1, 0.15) is 107 Å². The molecule has 3 spiro atoms. The van der Waals surface area contributed by atoms with E-state index in [-0.39, 0.29) is 17.9 Å². The molecule has 1 aromatic carbocycles. The second-order valence-electron chi connectivity index (χ2n) is 14.9. The van der Waals surface area contributed by atoms with Crippen LogP contribution in [0.5, 0.6) is 0 Å². The maximum absolute atomic E-state index is 14.7. The van der Waals surface area contributed by atoms with Gasteiger partial charge in [0.15, 0.2) is 0 Å². The molecule has 8 heteroatoms. The van der Waals surface area contributed by atoms with Gasteiger partial charge in [0.05, 0.1) is 17.5 Å². The first kappa shape index (κ1) is 29.8. The van der Waals surface area contributed by atoms with Crippen LogP contribution in [-0.2, 0) is 32.6 Å². The van der Waals surface area contributed by atoms with E-state index in [1.165, 1.54) is 5.56 Å². The van der Waals surface area contributed by atoms with E-state index in [9.17, 15) is 14.4 Å². The van der Waals surface area contributed by atoms with Crippen molar-refractivity contribution in [3.8, 4) is 11.8 Å². The fourth-order valence-corrected chi connectivity index (χ4v) is 8.73. The van der Waals surface area contributed by atoms with E-state index in [1.54, 1.807) is 6.20 Å². The van der Waals surface area contributed by atoms with Crippen molar-refractivity contribution in [3.63, 3.8) is 0 Å². The van der Waals surface area contributed by atoms with Gasteiger partial charge in [0.25, 0.3) is 0 Å². The molecule has 8 nitrogen and oxygen atoms in total. The molecule has 45 heavy (non-hydrogen) atoms. The summed E-state index contributed by atoms with van der Waals surface area (Å²) in [4.78, 5) is 49.8. The van der Waals surface area contributed by atoms with Crippen molar-refractivity contribution in [2.45, 2.75) is 120 Å². The Morgan fingerprint density at radius 3 is 2.42 bits per heavy atom. The summed E-state index contributed by atoms with van der Waals surface area (Å²) in [5.41, 5.74) is 1.64. The van der Waals surface area contributed by atoms with E-state index in [4.69, 9.17) is 4.74 Å². The van der Waals surface area contributed by atoms with Crippen molar-refractivity contribution < 1.29 is 19.1 Å². The standard InChI is InChI=1S/C37H44N4O4/c1-34(2,3)45-33(44)41-25-35(16-6-4-5-7-17-35)40(32(43)37(41)18-8-9-19-37)21-11-12-26-14-15-27-23-36(24-28(27)22-26)29-13-10-20-38-30(29)39-31(36)42/h10,13-15,20,22H,4-9,16-19,21,23-25H2,1-3H3,(H,38,39,42)/t36-/m1/s1. The van der Waals surface area contributed by atoms with Gasteiger partial charge in [-0.2, -0.15) is 0 Å². The minimum Gasteiger partial charge on any atom is -0.444 e. The molecule has 2 saturated carbocycles. The molecule has 1 atom stereocenters. The Balaban J connectivity index is 1.16. The molecule has 0 unspecified atom stereocenters. The molecule has 2 aromatic rings. The number of hydrogen-bond acceptors (Lipinski definition) is 5. The summed E-state index contributed by atoms with van der Waals surface area (Å²) in [6.45, 7) is 6.51. The van der Waals surface area contributed by atoms with E-state index in [0.29, 0.717) is 44.6 Å². The van der Waals surface area contributed by atoms with Gasteiger partial charge in [-0.1, -0.05) is 62.5 Å². The van der Waals surface area contributed by atoms with E-state index in [1.807, 2.05) is 43.9 Å². The molecule has 3 aliphatic carbocycles. The third-order valence-corrected chi connectivity index (χ3v) is 10.9. The summed E-state index contributed by atoms with van der Waals surface area (Å²) in [6, 6.07) is 10.1. The number of amides is 3. The Kier molecular flexibility index (Phi) is 7.22. The summed E-state index contributed by atoms with van der Waals surface area (Å²) in [6.07, 6.45) is 11.9. The zero-order valence-corrected chi connectivity index (χ0v) is 26.8. The third kappa shape index (κ3) is 4.99. The lowest BCUT2D eigenvalue weighted by atomic mass is 9.78. The van der Waals surface area contributed by atoms with Crippen LogP contribution in [0.2, 0.25) is 0 Å². The molecule has 1 aromatic heterocycles. The minimum absolute atomic E-state index is 0.0126. The summed E-state index contributed by atoms with van der Waals surface area (Å²) in [5, 5.41) is 2.98. The number of nitrogens with one attached hydrogen (secondary N) is 1. The molecule has 3 fully saturated rings. The Morgan fingerprint density at radius 1 is 0.978 bits per heavy atom. The number of rotatable bonds is 1. The second kappa shape index (κ2) is 10.9. The number of nitrogens with zero attached hydrogens (tertiary/aromatic N) is 3.